The van der Waals surface area contributed by atoms with Crippen molar-refractivity contribution in [1.29, 1.82) is 0 Å². The van der Waals surface area contributed by atoms with E-state index in [-0.39, 0.29) is 16.8 Å². The first-order chi connectivity index (χ1) is 10.4. The summed E-state index contributed by atoms with van der Waals surface area (Å²) < 4.78 is 26.7. The van der Waals surface area contributed by atoms with E-state index in [1.54, 1.807) is 0 Å². The monoisotopic (exact) mass is 325 g/mol. The number of rotatable bonds is 4. The van der Waals surface area contributed by atoms with Crippen molar-refractivity contribution in [3.63, 3.8) is 0 Å². The summed E-state index contributed by atoms with van der Waals surface area (Å²) in [5.41, 5.74) is 6.33. The molecular formula is C15H23N3O3S. The number of nitrogens with two attached hydrogens (primary N) is 1. The van der Waals surface area contributed by atoms with Gasteiger partial charge in [-0.05, 0) is 49.9 Å². The fourth-order valence-corrected chi connectivity index (χ4v) is 4.18. The van der Waals surface area contributed by atoms with Crippen LogP contribution in [-0.2, 0) is 10.0 Å². The van der Waals surface area contributed by atoms with Crippen molar-refractivity contribution in [3.05, 3.63) is 29.8 Å². The van der Waals surface area contributed by atoms with Gasteiger partial charge in [-0.3, -0.25) is 4.79 Å². The Kier molecular flexibility index (Phi) is 5.20. The Labute approximate surface area is 131 Å². The van der Waals surface area contributed by atoms with Crippen LogP contribution in [0.1, 0.15) is 30.1 Å². The summed E-state index contributed by atoms with van der Waals surface area (Å²) in [4.78, 5) is 11.7. The minimum atomic E-state index is -3.50. The zero-order valence-corrected chi connectivity index (χ0v) is 13.8. The molecule has 22 heavy (non-hydrogen) atoms. The zero-order chi connectivity index (χ0) is 16.3. The number of nitrogens with zero attached hydrogens (tertiary/aromatic N) is 1. The molecule has 0 spiro atoms. The second kappa shape index (κ2) is 6.76. The van der Waals surface area contributed by atoms with Crippen LogP contribution < -0.4 is 11.1 Å². The minimum Gasteiger partial charge on any atom is -0.355 e. The molecule has 0 radical (unpaired) electrons. The molecule has 0 aliphatic carbocycles. The summed E-state index contributed by atoms with van der Waals surface area (Å²) >= 11 is 0. The molecule has 1 aliphatic rings. The highest BCUT2D eigenvalue weighted by atomic mass is 32.2. The smallest absolute Gasteiger partial charge is 0.251 e. The summed E-state index contributed by atoms with van der Waals surface area (Å²) in [6.45, 7) is 2.95. The molecule has 2 rings (SSSR count). The maximum Gasteiger partial charge on any atom is 0.251 e. The Hall–Kier alpha value is -1.44. The van der Waals surface area contributed by atoms with E-state index in [4.69, 9.17) is 5.73 Å². The Morgan fingerprint density at radius 1 is 1.27 bits per heavy atom. The maximum absolute atomic E-state index is 12.6. The molecule has 1 aromatic carbocycles. The van der Waals surface area contributed by atoms with Crippen molar-refractivity contribution in [1.82, 2.24) is 9.62 Å². The number of benzene rings is 1. The third-order valence-corrected chi connectivity index (χ3v) is 6.14. The second-order valence-corrected chi connectivity index (χ2v) is 7.64. The molecule has 1 aliphatic heterocycles. The standard InChI is InChI=1S/C15H23N3O3S/c1-11(16)12-7-9-18(10-8-12)22(20,21)14-5-3-13(4-6-14)15(19)17-2/h3-6,11-12H,7-10,16H2,1-2H3,(H,17,19). The van der Waals surface area contributed by atoms with Gasteiger partial charge in [0.15, 0.2) is 0 Å². The van der Waals surface area contributed by atoms with Crippen LogP contribution in [-0.4, -0.2) is 44.8 Å². The molecule has 6 nitrogen and oxygen atoms in total. The molecule has 1 unspecified atom stereocenters. The molecule has 1 aromatic rings. The normalized spacial score (nSPS) is 18.9. The van der Waals surface area contributed by atoms with Crippen LogP contribution in [0.2, 0.25) is 0 Å². The zero-order valence-electron chi connectivity index (χ0n) is 13.0. The summed E-state index contributed by atoms with van der Waals surface area (Å²) in [7, 11) is -1.96. The fourth-order valence-electron chi connectivity index (χ4n) is 2.71. The molecule has 3 N–H and O–H groups in total. The van der Waals surface area contributed by atoms with Gasteiger partial charge in [-0.1, -0.05) is 0 Å². The molecule has 122 valence electrons. The van der Waals surface area contributed by atoms with Crippen molar-refractivity contribution in [2.45, 2.75) is 30.7 Å². The highest BCUT2D eigenvalue weighted by Gasteiger charge is 2.30. The van der Waals surface area contributed by atoms with Crippen LogP contribution in [0.15, 0.2) is 29.2 Å². The molecule has 0 saturated carbocycles. The van der Waals surface area contributed by atoms with E-state index in [0.29, 0.717) is 24.6 Å². The van der Waals surface area contributed by atoms with Crippen molar-refractivity contribution in [2.75, 3.05) is 20.1 Å². The molecule has 1 atom stereocenters. The largest absolute Gasteiger partial charge is 0.355 e. The van der Waals surface area contributed by atoms with E-state index in [1.165, 1.54) is 35.6 Å². The molecule has 1 saturated heterocycles. The number of carbonyl (C=O) groups excluding carboxylic acids is 1. The van der Waals surface area contributed by atoms with Crippen LogP contribution in [0.25, 0.3) is 0 Å². The Balaban J connectivity index is 2.12. The summed E-state index contributed by atoms with van der Waals surface area (Å²) in [5.74, 6) is 0.142. The van der Waals surface area contributed by atoms with E-state index in [9.17, 15) is 13.2 Å². The predicted octanol–water partition coefficient (Wildman–Crippen LogP) is 0.794. The number of piperidine rings is 1. The number of hydrogen-bond acceptors (Lipinski definition) is 4. The summed E-state index contributed by atoms with van der Waals surface area (Å²) in [6, 6.07) is 6.12. The number of sulfonamides is 1. The van der Waals surface area contributed by atoms with Gasteiger partial charge in [0.25, 0.3) is 5.91 Å². The topological polar surface area (TPSA) is 92.5 Å². The first-order valence-corrected chi connectivity index (χ1v) is 8.88. The van der Waals surface area contributed by atoms with Gasteiger partial charge in [0.1, 0.15) is 0 Å². The first kappa shape index (κ1) is 16.9. The quantitative estimate of drug-likeness (QED) is 0.856. The van der Waals surface area contributed by atoms with Crippen molar-refractivity contribution in [3.8, 4) is 0 Å². The third kappa shape index (κ3) is 3.48. The predicted molar refractivity (Wildman–Crippen MR) is 85.0 cm³/mol. The van der Waals surface area contributed by atoms with Crippen molar-refractivity contribution < 1.29 is 13.2 Å². The summed E-state index contributed by atoms with van der Waals surface area (Å²) in [6.07, 6.45) is 1.57. The van der Waals surface area contributed by atoms with Gasteiger partial charge < -0.3 is 11.1 Å². The lowest BCUT2D eigenvalue weighted by molar-refractivity contribution is 0.0963. The van der Waals surface area contributed by atoms with Gasteiger partial charge in [0.2, 0.25) is 10.0 Å². The SMILES string of the molecule is CNC(=O)c1ccc(S(=O)(=O)N2CCC(C(C)N)CC2)cc1. The van der Waals surface area contributed by atoms with E-state index >= 15 is 0 Å². The van der Waals surface area contributed by atoms with E-state index in [0.717, 1.165) is 12.8 Å². The Bertz CT molecular complexity index is 618. The van der Waals surface area contributed by atoms with Gasteiger partial charge in [-0.2, -0.15) is 4.31 Å². The fraction of sp³-hybridized carbons (Fsp3) is 0.533. The molecule has 7 heteroatoms. The van der Waals surface area contributed by atoms with Gasteiger partial charge in [-0.25, -0.2) is 8.42 Å². The van der Waals surface area contributed by atoms with Gasteiger partial charge in [0.05, 0.1) is 4.90 Å². The molecular weight excluding hydrogens is 302 g/mol. The lowest BCUT2D eigenvalue weighted by atomic mass is 9.92. The number of carbonyl (C=O) groups is 1. The molecule has 1 fully saturated rings. The highest BCUT2D eigenvalue weighted by Crippen LogP contribution is 2.25. The highest BCUT2D eigenvalue weighted by molar-refractivity contribution is 7.89. The molecule has 0 bridgehead atoms. The molecule has 0 aromatic heterocycles. The minimum absolute atomic E-state index is 0.0942. The van der Waals surface area contributed by atoms with E-state index < -0.39 is 10.0 Å². The Morgan fingerprint density at radius 2 is 1.82 bits per heavy atom. The lowest BCUT2D eigenvalue weighted by Crippen LogP contribution is -2.42. The number of nitrogens with one attached hydrogen (secondary N) is 1. The van der Waals surface area contributed by atoms with E-state index in [1.807, 2.05) is 6.92 Å². The second-order valence-electron chi connectivity index (χ2n) is 5.70. The van der Waals surface area contributed by atoms with Crippen LogP contribution >= 0.6 is 0 Å². The van der Waals surface area contributed by atoms with Gasteiger partial charge in [0, 0.05) is 31.7 Å². The van der Waals surface area contributed by atoms with Crippen molar-refractivity contribution in [2.24, 2.45) is 11.7 Å². The van der Waals surface area contributed by atoms with Gasteiger partial charge in [-0.15, -0.1) is 0 Å². The molecule has 1 amide bonds. The number of amides is 1. The maximum atomic E-state index is 12.6. The first-order valence-electron chi connectivity index (χ1n) is 7.44. The van der Waals surface area contributed by atoms with Crippen LogP contribution in [0.3, 0.4) is 0 Å². The third-order valence-electron chi connectivity index (χ3n) is 4.22. The summed E-state index contributed by atoms with van der Waals surface area (Å²) in [5, 5.41) is 2.51. The van der Waals surface area contributed by atoms with E-state index in [2.05, 4.69) is 5.32 Å². The van der Waals surface area contributed by atoms with Crippen molar-refractivity contribution >= 4 is 15.9 Å². The number of hydrogen-bond donors (Lipinski definition) is 2. The molecule has 1 heterocycles. The van der Waals surface area contributed by atoms with Gasteiger partial charge >= 0.3 is 0 Å². The van der Waals surface area contributed by atoms with Crippen LogP contribution in [0.5, 0.6) is 0 Å². The van der Waals surface area contributed by atoms with Crippen LogP contribution in [0, 0.1) is 5.92 Å². The average molecular weight is 325 g/mol. The average Bonchev–Trinajstić information content (AvgIpc) is 2.54. The lowest BCUT2D eigenvalue weighted by Gasteiger charge is -2.32. The Morgan fingerprint density at radius 3 is 2.27 bits per heavy atom. The van der Waals surface area contributed by atoms with Crippen LogP contribution in [0.4, 0.5) is 0 Å².